The predicted molar refractivity (Wildman–Crippen MR) is 51.3 cm³/mol. The molecular formula is C10H18N2. The first-order valence-electron chi connectivity index (χ1n) is 4.50. The fourth-order valence-electron chi connectivity index (χ4n) is 1.20. The first kappa shape index (κ1) is 9.30. The second-order valence-electron chi connectivity index (χ2n) is 4.24. The lowest BCUT2D eigenvalue weighted by Gasteiger charge is -2.14. The monoisotopic (exact) mass is 166 g/mol. The number of hydrogen-bond donors (Lipinski definition) is 0. The van der Waals surface area contributed by atoms with E-state index in [4.69, 9.17) is 0 Å². The standard InChI is InChI=1S/C10H18N2/c1-6-12-8(2)7-9(11-12)10(3,4)5/h7H,6H2,1-5H3. The van der Waals surface area contributed by atoms with Crippen molar-refractivity contribution in [3.05, 3.63) is 17.5 Å². The Bertz CT molecular complexity index is 266. The highest BCUT2D eigenvalue weighted by molar-refractivity contribution is 5.16. The van der Waals surface area contributed by atoms with Crippen molar-refractivity contribution < 1.29 is 0 Å². The topological polar surface area (TPSA) is 17.8 Å². The lowest BCUT2D eigenvalue weighted by molar-refractivity contribution is 0.538. The highest BCUT2D eigenvalue weighted by atomic mass is 15.3. The van der Waals surface area contributed by atoms with E-state index in [2.05, 4.69) is 45.8 Å². The van der Waals surface area contributed by atoms with Crippen LogP contribution in [-0.4, -0.2) is 9.78 Å². The van der Waals surface area contributed by atoms with Gasteiger partial charge < -0.3 is 0 Å². The van der Waals surface area contributed by atoms with Gasteiger partial charge in [-0.25, -0.2) is 0 Å². The minimum atomic E-state index is 0.172. The number of rotatable bonds is 1. The average molecular weight is 166 g/mol. The molecule has 0 saturated heterocycles. The molecule has 0 atom stereocenters. The highest BCUT2D eigenvalue weighted by Gasteiger charge is 2.17. The van der Waals surface area contributed by atoms with Crippen molar-refractivity contribution in [1.29, 1.82) is 0 Å². The normalized spacial score (nSPS) is 12.1. The molecule has 0 N–H and O–H groups in total. The number of nitrogens with zero attached hydrogens (tertiary/aromatic N) is 2. The Morgan fingerprint density at radius 1 is 1.42 bits per heavy atom. The van der Waals surface area contributed by atoms with Gasteiger partial charge in [0.1, 0.15) is 0 Å². The SMILES string of the molecule is CCn1nc(C(C)(C)C)cc1C. The van der Waals surface area contributed by atoms with Crippen molar-refractivity contribution in [2.45, 2.75) is 46.6 Å². The minimum absolute atomic E-state index is 0.172. The van der Waals surface area contributed by atoms with Gasteiger partial charge in [-0.05, 0) is 19.9 Å². The van der Waals surface area contributed by atoms with Gasteiger partial charge in [0.25, 0.3) is 0 Å². The highest BCUT2D eigenvalue weighted by Crippen LogP contribution is 2.21. The van der Waals surface area contributed by atoms with E-state index in [1.807, 2.05) is 4.68 Å². The molecule has 0 aliphatic heterocycles. The van der Waals surface area contributed by atoms with Gasteiger partial charge in [-0.1, -0.05) is 20.8 Å². The third-order valence-corrected chi connectivity index (χ3v) is 2.05. The van der Waals surface area contributed by atoms with E-state index >= 15 is 0 Å². The molecule has 0 aromatic carbocycles. The molecule has 0 radical (unpaired) electrons. The van der Waals surface area contributed by atoms with E-state index in [0.717, 1.165) is 6.54 Å². The lowest BCUT2D eigenvalue weighted by Crippen LogP contribution is -2.12. The second-order valence-corrected chi connectivity index (χ2v) is 4.24. The summed E-state index contributed by atoms with van der Waals surface area (Å²) in [6.45, 7) is 11.7. The second kappa shape index (κ2) is 2.92. The van der Waals surface area contributed by atoms with E-state index in [9.17, 15) is 0 Å². The number of aromatic nitrogens is 2. The molecule has 2 nitrogen and oxygen atoms in total. The van der Waals surface area contributed by atoms with E-state index in [0.29, 0.717) is 0 Å². The van der Waals surface area contributed by atoms with Crippen LogP contribution in [0.1, 0.15) is 39.1 Å². The Morgan fingerprint density at radius 2 is 2.00 bits per heavy atom. The van der Waals surface area contributed by atoms with Crippen LogP contribution in [0.2, 0.25) is 0 Å². The molecule has 1 rings (SSSR count). The Kier molecular flexibility index (Phi) is 2.27. The fourth-order valence-corrected chi connectivity index (χ4v) is 1.20. The van der Waals surface area contributed by atoms with Crippen LogP contribution in [0, 0.1) is 6.92 Å². The van der Waals surface area contributed by atoms with Gasteiger partial charge in [0, 0.05) is 17.7 Å². The smallest absolute Gasteiger partial charge is 0.0680 e. The van der Waals surface area contributed by atoms with Crippen LogP contribution in [0.3, 0.4) is 0 Å². The van der Waals surface area contributed by atoms with E-state index < -0.39 is 0 Å². The summed E-state index contributed by atoms with van der Waals surface area (Å²) in [4.78, 5) is 0. The molecule has 0 aliphatic rings. The number of aryl methyl sites for hydroxylation is 2. The Balaban J connectivity index is 3.05. The van der Waals surface area contributed by atoms with Gasteiger partial charge in [0.2, 0.25) is 0 Å². The Hall–Kier alpha value is -0.790. The molecule has 0 spiro atoms. The summed E-state index contributed by atoms with van der Waals surface area (Å²) in [5.74, 6) is 0. The van der Waals surface area contributed by atoms with Crippen molar-refractivity contribution >= 4 is 0 Å². The van der Waals surface area contributed by atoms with Crippen LogP contribution in [0.25, 0.3) is 0 Å². The third kappa shape index (κ3) is 1.68. The van der Waals surface area contributed by atoms with Crippen LogP contribution >= 0.6 is 0 Å². The van der Waals surface area contributed by atoms with Gasteiger partial charge >= 0.3 is 0 Å². The van der Waals surface area contributed by atoms with Crippen LogP contribution < -0.4 is 0 Å². The maximum absolute atomic E-state index is 4.52. The first-order chi connectivity index (χ1) is 5.45. The molecule has 0 amide bonds. The minimum Gasteiger partial charge on any atom is -0.270 e. The van der Waals surface area contributed by atoms with E-state index in [1.54, 1.807) is 0 Å². The summed E-state index contributed by atoms with van der Waals surface area (Å²) in [6.07, 6.45) is 0. The van der Waals surface area contributed by atoms with Crippen LogP contribution in [0.15, 0.2) is 6.07 Å². The largest absolute Gasteiger partial charge is 0.270 e. The number of hydrogen-bond acceptors (Lipinski definition) is 1. The summed E-state index contributed by atoms with van der Waals surface area (Å²) in [5, 5.41) is 4.52. The van der Waals surface area contributed by atoms with Gasteiger partial charge in [-0.2, -0.15) is 5.10 Å². The molecule has 2 heteroatoms. The van der Waals surface area contributed by atoms with Crippen molar-refractivity contribution in [3.63, 3.8) is 0 Å². The molecule has 1 heterocycles. The van der Waals surface area contributed by atoms with Crippen LogP contribution in [0.5, 0.6) is 0 Å². The molecule has 1 aromatic rings. The third-order valence-electron chi connectivity index (χ3n) is 2.05. The molecule has 12 heavy (non-hydrogen) atoms. The molecule has 0 unspecified atom stereocenters. The lowest BCUT2D eigenvalue weighted by atomic mass is 9.92. The zero-order chi connectivity index (χ0) is 9.35. The van der Waals surface area contributed by atoms with Crippen LogP contribution in [-0.2, 0) is 12.0 Å². The quantitative estimate of drug-likeness (QED) is 0.626. The molecule has 0 saturated carbocycles. The van der Waals surface area contributed by atoms with Crippen molar-refractivity contribution in [1.82, 2.24) is 9.78 Å². The Morgan fingerprint density at radius 3 is 2.25 bits per heavy atom. The van der Waals surface area contributed by atoms with Gasteiger partial charge in [0.05, 0.1) is 5.69 Å². The summed E-state index contributed by atoms with van der Waals surface area (Å²) in [7, 11) is 0. The zero-order valence-electron chi connectivity index (χ0n) is 8.68. The molecule has 1 aromatic heterocycles. The summed E-state index contributed by atoms with van der Waals surface area (Å²) < 4.78 is 2.04. The van der Waals surface area contributed by atoms with Gasteiger partial charge in [-0.15, -0.1) is 0 Å². The van der Waals surface area contributed by atoms with Gasteiger partial charge in [-0.3, -0.25) is 4.68 Å². The maximum Gasteiger partial charge on any atom is 0.0680 e. The molecular weight excluding hydrogens is 148 g/mol. The zero-order valence-corrected chi connectivity index (χ0v) is 8.68. The van der Waals surface area contributed by atoms with E-state index in [-0.39, 0.29) is 5.41 Å². The predicted octanol–water partition coefficient (Wildman–Crippen LogP) is 2.51. The Labute approximate surface area is 74.6 Å². The first-order valence-corrected chi connectivity index (χ1v) is 4.50. The molecule has 0 aliphatic carbocycles. The molecule has 0 fully saturated rings. The summed E-state index contributed by atoms with van der Waals surface area (Å²) >= 11 is 0. The van der Waals surface area contributed by atoms with Crippen molar-refractivity contribution in [2.24, 2.45) is 0 Å². The maximum atomic E-state index is 4.52. The fraction of sp³-hybridized carbons (Fsp3) is 0.700. The van der Waals surface area contributed by atoms with Crippen molar-refractivity contribution in [2.75, 3.05) is 0 Å². The van der Waals surface area contributed by atoms with Gasteiger partial charge in [0.15, 0.2) is 0 Å². The summed E-state index contributed by atoms with van der Waals surface area (Å²) in [6, 6.07) is 2.17. The molecule has 0 bridgehead atoms. The van der Waals surface area contributed by atoms with E-state index in [1.165, 1.54) is 11.4 Å². The van der Waals surface area contributed by atoms with Crippen molar-refractivity contribution in [3.8, 4) is 0 Å². The van der Waals surface area contributed by atoms with Crippen LogP contribution in [0.4, 0.5) is 0 Å². The average Bonchev–Trinajstić information content (AvgIpc) is 2.29. The molecule has 68 valence electrons. The summed E-state index contributed by atoms with van der Waals surface area (Å²) in [5.41, 5.74) is 2.61.